The van der Waals surface area contributed by atoms with Gasteiger partial charge in [0.15, 0.2) is 0 Å². The summed E-state index contributed by atoms with van der Waals surface area (Å²) < 4.78 is 6.45. The average molecular weight is 226 g/mol. The minimum absolute atomic E-state index is 0.103. The molecule has 0 aromatic carbocycles. The number of aromatic amines is 1. The molecule has 6 nitrogen and oxygen atoms in total. The Morgan fingerprint density at radius 3 is 2.75 bits per heavy atom. The van der Waals surface area contributed by atoms with E-state index in [-0.39, 0.29) is 18.1 Å². The minimum Gasteiger partial charge on any atom is -0.390 e. The Labute approximate surface area is 91.5 Å². The third-order valence-corrected chi connectivity index (χ3v) is 3.09. The van der Waals surface area contributed by atoms with E-state index in [1.807, 2.05) is 6.92 Å². The van der Waals surface area contributed by atoms with Crippen molar-refractivity contribution >= 4 is 0 Å². The lowest BCUT2D eigenvalue weighted by molar-refractivity contribution is 0.125. The molecule has 1 aliphatic rings. The van der Waals surface area contributed by atoms with Crippen LogP contribution in [0.3, 0.4) is 0 Å². The van der Waals surface area contributed by atoms with Gasteiger partial charge in [0.25, 0.3) is 5.56 Å². The van der Waals surface area contributed by atoms with Gasteiger partial charge in [-0.15, -0.1) is 0 Å². The number of aliphatic hydroxyl groups is 1. The van der Waals surface area contributed by atoms with Gasteiger partial charge in [0.05, 0.1) is 12.2 Å². The van der Waals surface area contributed by atoms with Crippen LogP contribution in [0.15, 0.2) is 21.9 Å². The zero-order valence-corrected chi connectivity index (χ0v) is 9.08. The number of rotatable bonds is 3. The van der Waals surface area contributed by atoms with Crippen LogP contribution < -0.4 is 11.2 Å². The molecule has 0 saturated heterocycles. The molecule has 1 saturated carbocycles. The van der Waals surface area contributed by atoms with Gasteiger partial charge in [-0.1, -0.05) is 0 Å². The van der Waals surface area contributed by atoms with E-state index in [2.05, 4.69) is 4.98 Å². The monoisotopic (exact) mass is 226 g/mol. The molecular weight excluding hydrogens is 212 g/mol. The van der Waals surface area contributed by atoms with E-state index in [4.69, 9.17) is 4.74 Å². The lowest BCUT2D eigenvalue weighted by atomic mass is 10.2. The van der Waals surface area contributed by atoms with E-state index in [9.17, 15) is 14.7 Å². The van der Waals surface area contributed by atoms with E-state index in [0.29, 0.717) is 0 Å². The van der Waals surface area contributed by atoms with Gasteiger partial charge in [-0.25, -0.2) is 4.79 Å². The van der Waals surface area contributed by atoms with E-state index < -0.39 is 17.4 Å². The molecule has 0 spiro atoms. The number of aromatic nitrogens is 2. The first-order chi connectivity index (χ1) is 7.56. The van der Waals surface area contributed by atoms with E-state index >= 15 is 0 Å². The topological polar surface area (TPSA) is 84.3 Å². The van der Waals surface area contributed by atoms with Crippen LogP contribution in [0.25, 0.3) is 0 Å². The van der Waals surface area contributed by atoms with E-state index in [1.54, 1.807) is 0 Å². The van der Waals surface area contributed by atoms with Crippen molar-refractivity contribution in [1.29, 1.82) is 0 Å². The van der Waals surface area contributed by atoms with Crippen molar-refractivity contribution in [2.24, 2.45) is 5.92 Å². The third kappa shape index (κ3) is 1.70. The number of aliphatic hydroxyl groups excluding tert-OH is 1. The van der Waals surface area contributed by atoms with Gasteiger partial charge in [0.2, 0.25) is 0 Å². The summed E-state index contributed by atoms with van der Waals surface area (Å²) in [5, 5.41) is 9.55. The maximum Gasteiger partial charge on any atom is 0.328 e. The fourth-order valence-corrected chi connectivity index (χ4v) is 2.08. The maximum absolute atomic E-state index is 11.5. The van der Waals surface area contributed by atoms with Gasteiger partial charge in [0, 0.05) is 31.3 Å². The average Bonchev–Trinajstić information content (AvgIpc) is 2.88. The largest absolute Gasteiger partial charge is 0.390 e. The molecular formula is C10H14N2O4. The minimum atomic E-state index is -0.543. The molecule has 1 aromatic rings. The number of hydrogen-bond acceptors (Lipinski definition) is 4. The predicted molar refractivity (Wildman–Crippen MR) is 56.3 cm³/mol. The lowest BCUT2D eigenvalue weighted by Gasteiger charge is -2.13. The van der Waals surface area contributed by atoms with E-state index in [0.717, 1.165) is 0 Å². The Morgan fingerprint density at radius 2 is 2.25 bits per heavy atom. The summed E-state index contributed by atoms with van der Waals surface area (Å²) in [5.74, 6) is -0.103. The molecule has 1 fully saturated rings. The van der Waals surface area contributed by atoms with Crippen molar-refractivity contribution in [3.8, 4) is 0 Å². The quantitative estimate of drug-likeness (QED) is 0.699. The molecule has 2 N–H and O–H groups in total. The van der Waals surface area contributed by atoms with Gasteiger partial charge in [0.1, 0.15) is 0 Å². The molecule has 6 heteroatoms. The van der Waals surface area contributed by atoms with Crippen LogP contribution in [-0.4, -0.2) is 34.0 Å². The maximum atomic E-state index is 11.5. The predicted octanol–water partition coefficient (Wildman–Crippen LogP) is -0.897. The number of methoxy groups -OCH3 is 1. The first-order valence-corrected chi connectivity index (χ1v) is 5.08. The second-order valence-electron chi connectivity index (χ2n) is 4.03. The van der Waals surface area contributed by atoms with Crippen molar-refractivity contribution in [2.75, 3.05) is 7.11 Å². The highest BCUT2D eigenvalue weighted by Crippen LogP contribution is 2.41. The van der Waals surface area contributed by atoms with Crippen molar-refractivity contribution in [3.05, 3.63) is 33.1 Å². The molecule has 16 heavy (non-hydrogen) atoms. The summed E-state index contributed by atoms with van der Waals surface area (Å²) in [5.41, 5.74) is -0.887. The molecule has 0 radical (unpaired) electrons. The Bertz CT molecular complexity index is 492. The van der Waals surface area contributed by atoms with Crippen molar-refractivity contribution < 1.29 is 9.84 Å². The molecule has 4 atom stereocenters. The highest BCUT2D eigenvalue weighted by atomic mass is 16.5. The van der Waals surface area contributed by atoms with Crippen LogP contribution in [0.4, 0.5) is 0 Å². The van der Waals surface area contributed by atoms with Gasteiger partial charge in [-0.05, 0) is 6.92 Å². The Hall–Kier alpha value is -1.40. The number of hydrogen-bond donors (Lipinski definition) is 2. The SMILES string of the molecule is COC1C(O)C1C(C)n1ccc(=O)[nH]c1=O. The van der Waals surface area contributed by atoms with Crippen LogP contribution in [0.5, 0.6) is 0 Å². The summed E-state index contributed by atoms with van der Waals surface area (Å²) >= 11 is 0. The normalized spacial score (nSPS) is 30.1. The van der Waals surface area contributed by atoms with Crippen molar-refractivity contribution in [3.63, 3.8) is 0 Å². The summed E-state index contributed by atoms with van der Waals surface area (Å²) in [6, 6.07) is 1.08. The molecule has 0 aliphatic heterocycles. The molecule has 2 rings (SSSR count). The Balaban J connectivity index is 2.26. The van der Waals surface area contributed by atoms with Crippen LogP contribution in [0.1, 0.15) is 13.0 Å². The second kappa shape index (κ2) is 3.88. The molecule has 0 bridgehead atoms. The summed E-state index contributed by atoms with van der Waals surface area (Å²) in [7, 11) is 1.52. The van der Waals surface area contributed by atoms with Gasteiger partial charge in [-0.3, -0.25) is 14.3 Å². The van der Waals surface area contributed by atoms with Crippen molar-refractivity contribution in [1.82, 2.24) is 9.55 Å². The van der Waals surface area contributed by atoms with Gasteiger partial charge in [-0.2, -0.15) is 0 Å². The summed E-state index contributed by atoms with van der Waals surface area (Å²) in [6.45, 7) is 1.81. The number of nitrogens with one attached hydrogen (secondary N) is 1. The lowest BCUT2D eigenvalue weighted by Crippen LogP contribution is -2.31. The summed E-state index contributed by atoms with van der Waals surface area (Å²) in [4.78, 5) is 24.6. The highest BCUT2D eigenvalue weighted by Gasteiger charge is 2.53. The Kier molecular flexibility index (Phi) is 2.69. The van der Waals surface area contributed by atoms with Crippen LogP contribution >= 0.6 is 0 Å². The molecule has 0 amide bonds. The zero-order valence-electron chi connectivity index (χ0n) is 9.08. The fraction of sp³-hybridized carbons (Fsp3) is 0.600. The first kappa shape index (κ1) is 11.1. The fourth-order valence-electron chi connectivity index (χ4n) is 2.08. The highest BCUT2D eigenvalue weighted by molar-refractivity contribution is 5.04. The molecule has 4 unspecified atom stereocenters. The van der Waals surface area contributed by atoms with Gasteiger partial charge >= 0.3 is 5.69 Å². The van der Waals surface area contributed by atoms with Crippen LogP contribution in [-0.2, 0) is 4.74 Å². The smallest absolute Gasteiger partial charge is 0.328 e. The third-order valence-electron chi connectivity index (χ3n) is 3.09. The Morgan fingerprint density at radius 1 is 1.56 bits per heavy atom. The van der Waals surface area contributed by atoms with Crippen LogP contribution in [0, 0.1) is 5.92 Å². The van der Waals surface area contributed by atoms with Gasteiger partial charge < -0.3 is 9.84 Å². The zero-order chi connectivity index (χ0) is 11.9. The molecule has 1 aromatic heterocycles. The van der Waals surface area contributed by atoms with Crippen LogP contribution in [0.2, 0.25) is 0 Å². The number of H-pyrrole nitrogens is 1. The van der Waals surface area contributed by atoms with Crippen molar-refractivity contribution in [2.45, 2.75) is 25.2 Å². The first-order valence-electron chi connectivity index (χ1n) is 5.08. The number of nitrogens with zero attached hydrogens (tertiary/aromatic N) is 1. The molecule has 88 valence electrons. The molecule has 1 aliphatic carbocycles. The molecule has 1 heterocycles. The number of ether oxygens (including phenoxy) is 1. The standard InChI is InChI=1S/C10H14N2O4/c1-5(7-8(14)9(7)16-2)12-4-3-6(13)11-10(12)15/h3-5,7-9,14H,1-2H3,(H,11,13,15). The van der Waals surface area contributed by atoms with E-state index in [1.165, 1.54) is 23.9 Å². The summed E-state index contributed by atoms with van der Waals surface area (Å²) in [6.07, 6.45) is 0.663. The second-order valence-corrected chi connectivity index (χ2v) is 4.03.